The Balaban J connectivity index is 1.78. The Labute approximate surface area is 126 Å². The van der Waals surface area contributed by atoms with Crippen molar-refractivity contribution < 1.29 is 4.79 Å². The number of para-hydroxylation sites is 1. The van der Waals surface area contributed by atoms with Crippen molar-refractivity contribution in [3.05, 3.63) is 42.4 Å². The van der Waals surface area contributed by atoms with Crippen molar-refractivity contribution >= 4 is 29.0 Å². The number of anilines is 1. The van der Waals surface area contributed by atoms with Crippen LogP contribution in [-0.4, -0.2) is 32.9 Å². The number of alkyl halides is 1. The normalized spacial score (nSPS) is 13.1. The summed E-state index contributed by atoms with van der Waals surface area (Å²) in [6, 6.07) is 9.20. The lowest BCUT2D eigenvalue weighted by atomic mass is 10.3. The summed E-state index contributed by atoms with van der Waals surface area (Å²) in [5.74, 6) is 0.610. The smallest absolute Gasteiger partial charge is 0.278 e. The van der Waals surface area contributed by atoms with E-state index in [0.29, 0.717) is 30.6 Å². The number of carbonyl (C=O) groups is 1. The van der Waals surface area contributed by atoms with E-state index in [2.05, 4.69) is 20.6 Å². The second-order valence-corrected chi connectivity index (χ2v) is 4.83. The molecule has 1 aliphatic heterocycles. The molecule has 0 unspecified atom stereocenters. The average molecular weight is 305 g/mol. The van der Waals surface area contributed by atoms with Gasteiger partial charge in [0.1, 0.15) is 6.67 Å². The number of fused-ring (bicyclic) bond motifs is 1. The topological polar surface area (TPSA) is 74.9 Å². The zero-order valence-electron chi connectivity index (χ0n) is 11.1. The molecule has 8 heteroatoms. The lowest BCUT2D eigenvalue weighted by Crippen LogP contribution is -2.25. The molecule has 1 N–H and O–H groups in total. The lowest BCUT2D eigenvalue weighted by molar-refractivity contribution is 0.102. The number of halogens is 1. The maximum atomic E-state index is 12.2. The molecule has 0 fully saturated rings. The third-order valence-corrected chi connectivity index (χ3v) is 3.15. The molecule has 0 atom stereocenters. The number of nitrogens with one attached hydrogen (secondary N) is 1. The zero-order valence-corrected chi connectivity index (χ0v) is 11.9. The first-order valence-corrected chi connectivity index (χ1v) is 6.95. The van der Waals surface area contributed by atoms with E-state index >= 15 is 0 Å². The zero-order chi connectivity index (χ0) is 14.7. The van der Waals surface area contributed by atoms with Gasteiger partial charge >= 0.3 is 0 Å². The fourth-order valence-electron chi connectivity index (χ4n) is 1.98. The van der Waals surface area contributed by atoms with Crippen LogP contribution < -0.4 is 5.32 Å². The molecule has 0 saturated heterocycles. The summed E-state index contributed by atoms with van der Waals surface area (Å²) in [6.07, 6.45) is 1.58. The van der Waals surface area contributed by atoms with Gasteiger partial charge in [0, 0.05) is 11.6 Å². The molecule has 21 heavy (non-hydrogen) atoms. The van der Waals surface area contributed by atoms with Crippen molar-refractivity contribution in [1.29, 1.82) is 0 Å². The highest BCUT2D eigenvalue weighted by molar-refractivity contribution is 6.18. The predicted octanol–water partition coefficient (Wildman–Crippen LogP) is 2.65. The fraction of sp³-hybridized carbons (Fsp3) is 0.231. The first kappa shape index (κ1) is 13.6. The van der Waals surface area contributed by atoms with Gasteiger partial charge in [-0.3, -0.25) is 14.4 Å². The Morgan fingerprint density at radius 3 is 2.90 bits per heavy atom. The molecule has 0 radical (unpaired) electrons. The minimum Gasteiger partial charge on any atom is -0.321 e. The van der Waals surface area contributed by atoms with Crippen LogP contribution in [0.3, 0.4) is 0 Å². The van der Waals surface area contributed by atoms with Gasteiger partial charge in [-0.1, -0.05) is 23.4 Å². The van der Waals surface area contributed by atoms with Crippen LogP contribution in [0.15, 0.2) is 47.0 Å². The van der Waals surface area contributed by atoms with E-state index in [1.807, 2.05) is 30.3 Å². The molecule has 2 heterocycles. The predicted molar refractivity (Wildman–Crippen MR) is 78.6 cm³/mol. The number of hydrogen-bond donors (Lipinski definition) is 1. The van der Waals surface area contributed by atoms with Crippen LogP contribution in [0.4, 0.5) is 11.5 Å². The highest BCUT2D eigenvalue weighted by atomic mass is 35.5. The van der Waals surface area contributed by atoms with Crippen LogP contribution in [0.25, 0.3) is 0 Å². The van der Waals surface area contributed by atoms with Crippen LogP contribution >= 0.6 is 11.6 Å². The molecule has 2 aromatic rings. The molecule has 7 nitrogen and oxygen atoms in total. The molecular formula is C13H13ClN6O. The summed E-state index contributed by atoms with van der Waals surface area (Å²) in [5.41, 5.74) is 0.967. The van der Waals surface area contributed by atoms with Gasteiger partial charge in [0.2, 0.25) is 0 Å². The summed E-state index contributed by atoms with van der Waals surface area (Å²) in [6.45, 7) is 1.07. The number of carbonyl (C=O) groups excluding carboxylic acids is 1. The molecule has 0 aliphatic carbocycles. The molecule has 0 spiro atoms. The molecule has 1 amide bonds. The first-order valence-electron chi connectivity index (χ1n) is 6.42. The van der Waals surface area contributed by atoms with Crippen LogP contribution in [0, 0.1) is 0 Å². The Kier molecular flexibility index (Phi) is 3.83. The van der Waals surface area contributed by atoms with E-state index in [1.165, 1.54) is 0 Å². The summed E-state index contributed by atoms with van der Waals surface area (Å²) in [7, 11) is 0. The van der Waals surface area contributed by atoms with Crippen molar-refractivity contribution in [2.24, 2.45) is 10.3 Å². The number of rotatable bonds is 4. The van der Waals surface area contributed by atoms with Crippen molar-refractivity contribution in [2.75, 3.05) is 17.7 Å². The highest BCUT2D eigenvalue weighted by Gasteiger charge is 2.22. The molecular weight excluding hydrogens is 292 g/mol. The Morgan fingerprint density at radius 2 is 2.14 bits per heavy atom. The van der Waals surface area contributed by atoms with Gasteiger partial charge in [0.05, 0.1) is 12.9 Å². The largest absolute Gasteiger partial charge is 0.321 e. The Hall–Kier alpha value is -2.41. The van der Waals surface area contributed by atoms with Crippen molar-refractivity contribution in [3.63, 3.8) is 0 Å². The number of hydrogen-bond acceptors (Lipinski definition) is 5. The van der Waals surface area contributed by atoms with Crippen LogP contribution in [0.5, 0.6) is 0 Å². The SMILES string of the molecule is O=C(Nc1ccccc1)c1ncn2c1N=NN(CCCl)C2. The van der Waals surface area contributed by atoms with E-state index in [1.54, 1.807) is 15.9 Å². The van der Waals surface area contributed by atoms with E-state index in [-0.39, 0.29) is 11.6 Å². The standard InChI is InChI=1S/C13H13ClN6O/c14-6-7-20-9-19-8-15-11(12(19)17-18-20)13(21)16-10-4-2-1-3-5-10/h1-5,8H,6-7,9H2,(H,16,21). The van der Waals surface area contributed by atoms with Gasteiger partial charge in [-0.25, -0.2) is 4.98 Å². The number of aromatic nitrogens is 2. The van der Waals surface area contributed by atoms with Crippen molar-refractivity contribution in [2.45, 2.75) is 6.67 Å². The summed E-state index contributed by atoms with van der Waals surface area (Å²) in [5, 5.41) is 12.6. The molecule has 1 aromatic carbocycles. The second kappa shape index (κ2) is 5.92. The van der Waals surface area contributed by atoms with Gasteiger partial charge in [0.25, 0.3) is 5.91 Å². The summed E-state index contributed by atoms with van der Waals surface area (Å²) >= 11 is 5.68. The number of imidazole rings is 1. The fourth-order valence-corrected chi connectivity index (χ4v) is 2.17. The molecule has 0 saturated carbocycles. The molecule has 0 bridgehead atoms. The average Bonchev–Trinajstić information content (AvgIpc) is 2.92. The maximum absolute atomic E-state index is 12.2. The maximum Gasteiger partial charge on any atom is 0.278 e. The second-order valence-electron chi connectivity index (χ2n) is 4.46. The molecule has 108 valence electrons. The van der Waals surface area contributed by atoms with E-state index in [0.717, 1.165) is 0 Å². The van der Waals surface area contributed by atoms with Crippen molar-refractivity contribution in [3.8, 4) is 0 Å². The Bertz CT molecular complexity index is 669. The highest BCUT2D eigenvalue weighted by Crippen LogP contribution is 2.24. The van der Waals surface area contributed by atoms with E-state index in [4.69, 9.17) is 11.6 Å². The third kappa shape index (κ3) is 2.87. The monoisotopic (exact) mass is 304 g/mol. The lowest BCUT2D eigenvalue weighted by Gasteiger charge is -2.21. The molecule has 1 aromatic heterocycles. The van der Waals surface area contributed by atoms with Gasteiger partial charge in [-0.15, -0.1) is 16.7 Å². The van der Waals surface area contributed by atoms with Crippen LogP contribution in [0.2, 0.25) is 0 Å². The van der Waals surface area contributed by atoms with Gasteiger partial charge in [-0.05, 0) is 12.1 Å². The number of nitrogens with zero attached hydrogens (tertiary/aromatic N) is 5. The van der Waals surface area contributed by atoms with Crippen molar-refractivity contribution in [1.82, 2.24) is 14.6 Å². The van der Waals surface area contributed by atoms with E-state index < -0.39 is 0 Å². The third-order valence-electron chi connectivity index (χ3n) is 2.98. The van der Waals surface area contributed by atoms with Crippen LogP contribution in [-0.2, 0) is 6.67 Å². The quantitative estimate of drug-likeness (QED) is 0.882. The van der Waals surface area contributed by atoms with Gasteiger partial charge in [0.15, 0.2) is 11.5 Å². The minimum absolute atomic E-state index is 0.258. The summed E-state index contributed by atoms with van der Waals surface area (Å²) < 4.78 is 1.76. The summed E-state index contributed by atoms with van der Waals surface area (Å²) in [4.78, 5) is 16.4. The van der Waals surface area contributed by atoms with Crippen LogP contribution in [0.1, 0.15) is 10.5 Å². The Morgan fingerprint density at radius 1 is 1.33 bits per heavy atom. The minimum atomic E-state index is -0.306. The van der Waals surface area contributed by atoms with Gasteiger partial charge < -0.3 is 5.32 Å². The molecule has 3 rings (SSSR count). The number of amides is 1. The van der Waals surface area contributed by atoms with Gasteiger partial charge in [-0.2, -0.15) is 0 Å². The molecule has 1 aliphatic rings. The van der Waals surface area contributed by atoms with E-state index in [9.17, 15) is 4.79 Å². The first-order chi connectivity index (χ1) is 10.3. The number of benzene rings is 1.